The predicted molar refractivity (Wildman–Crippen MR) is 121 cm³/mol. The third-order valence-corrected chi connectivity index (χ3v) is 5.67. The van der Waals surface area contributed by atoms with E-state index < -0.39 is 11.2 Å². The van der Waals surface area contributed by atoms with Crippen LogP contribution in [0.15, 0.2) is 44.6 Å². The van der Waals surface area contributed by atoms with E-state index in [1.165, 1.54) is 29.6 Å². The largest absolute Gasteiger partial charge is 0.419 e. The Balaban J connectivity index is 1.60. The fourth-order valence-corrected chi connectivity index (χ4v) is 3.74. The van der Waals surface area contributed by atoms with E-state index in [1.54, 1.807) is 23.1 Å². The molecule has 0 saturated carbocycles. The lowest BCUT2D eigenvalue weighted by molar-refractivity contribution is -0.134. The molecule has 0 aliphatic carbocycles. The van der Waals surface area contributed by atoms with Crippen molar-refractivity contribution in [1.29, 1.82) is 0 Å². The average Bonchev–Trinajstić information content (AvgIpc) is 3.42. The zero-order valence-electron chi connectivity index (χ0n) is 18.5. The van der Waals surface area contributed by atoms with E-state index in [0.717, 1.165) is 4.57 Å². The topological polar surface area (TPSA) is 121 Å². The lowest BCUT2D eigenvalue weighted by Crippen LogP contribution is -2.40. The molecule has 0 radical (unpaired) electrons. The molecule has 0 spiro atoms. The highest BCUT2D eigenvalue weighted by atomic mass is 35.5. The first kappa shape index (κ1) is 22.5. The van der Waals surface area contributed by atoms with Crippen LogP contribution in [0.25, 0.3) is 22.6 Å². The van der Waals surface area contributed by atoms with Crippen LogP contribution in [-0.4, -0.2) is 45.7 Å². The summed E-state index contributed by atoms with van der Waals surface area (Å²) >= 11 is 6.20. The highest BCUT2D eigenvalue weighted by Crippen LogP contribution is 2.26. The maximum atomic E-state index is 13.2. The van der Waals surface area contributed by atoms with Crippen molar-refractivity contribution >= 4 is 28.7 Å². The third-order valence-electron chi connectivity index (χ3n) is 5.34. The van der Waals surface area contributed by atoms with Crippen molar-refractivity contribution in [1.82, 2.24) is 33.8 Å². The second kappa shape index (κ2) is 8.66. The highest BCUT2D eigenvalue weighted by Gasteiger charge is 2.23. The van der Waals surface area contributed by atoms with Crippen LogP contribution in [-0.2, 0) is 32.0 Å². The molecule has 33 heavy (non-hydrogen) atoms. The molecule has 1 aromatic carbocycles. The van der Waals surface area contributed by atoms with Gasteiger partial charge in [-0.15, -0.1) is 10.2 Å². The molecule has 0 N–H and O–H groups in total. The smallest absolute Gasteiger partial charge is 0.332 e. The van der Waals surface area contributed by atoms with Crippen LogP contribution in [0.5, 0.6) is 0 Å². The van der Waals surface area contributed by atoms with Gasteiger partial charge in [-0.25, -0.2) is 9.78 Å². The summed E-state index contributed by atoms with van der Waals surface area (Å²) in [6, 6.07) is 6.91. The monoisotopic (exact) mass is 471 g/mol. The molecule has 4 rings (SSSR count). The number of fused-ring (bicyclic) bond motifs is 1. The van der Waals surface area contributed by atoms with Crippen LogP contribution in [0.2, 0.25) is 5.02 Å². The van der Waals surface area contributed by atoms with Gasteiger partial charge in [0.1, 0.15) is 6.54 Å². The second-order valence-corrected chi connectivity index (χ2v) is 8.25. The Morgan fingerprint density at radius 3 is 2.58 bits per heavy atom. The Kier molecular flexibility index (Phi) is 5.90. The number of aromatic nitrogens is 6. The predicted octanol–water partition coefficient (Wildman–Crippen LogP) is 1.57. The summed E-state index contributed by atoms with van der Waals surface area (Å²) in [6.45, 7) is 3.65. The van der Waals surface area contributed by atoms with Gasteiger partial charge in [-0.1, -0.05) is 23.7 Å². The zero-order chi connectivity index (χ0) is 23.9. The number of aryl methyl sites for hydroxylation is 1. The van der Waals surface area contributed by atoms with Crippen LogP contribution in [0, 0.1) is 0 Å². The van der Waals surface area contributed by atoms with Gasteiger partial charge in [0.05, 0.1) is 23.5 Å². The molecule has 12 heteroatoms. The minimum atomic E-state index is -0.518. The van der Waals surface area contributed by atoms with Crippen molar-refractivity contribution < 1.29 is 9.21 Å². The number of imidazole rings is 1. The molecule has 0 atom stereocenters. The number of halogens is 1. The molecule has 3 heterocycles. The number of benzene rings is 1. The van der Waals surface area contributed by atoms with Gasteiger partial charge in [0, 0.05) is 20.1 Å². The normalized spacial score (nSPS) is 11.5. The highest BCUT2D eigenvalue weighted by molar-refractivity contribution is 6.33. The van der Waals surface area contributed by atoms with E-state index in [-0.39, 0.29) is 48.0 Å². The van der Waals surface area contributed by atoms with Gasteiger partial charge in [-0.2, -0.15) is 0 Å². The van der Waals surface area contributed by atoms with Crippen molar-refractivity contribution in [3.63, 3.8) is 0 Å². The van der Waals surface area contributed by atoms with Gasteiger partial charge in [0.25, 0.3) is 5.56 Å². The van der Waals surface area contributed by atoms with Gasteiger partial charge in [-0.05, 0) is 26.0 Å². The minimum absolute atomic E-state index is 0.0804. The van der Waals surface area contributed by atoms with Crippen LogP contribution < -0.4 is 11.2 Å². The van der Waals surface area contributed by atoms with Gasteiger partial charge in [0.15, 0.2) is 11.2 Å². The van der Waals surface area contributed by atoms with E-state index in [0.29, 0.717) is 10.6 Å². The summed E-state index contributed by atoms with van der Waals surface area (Å²) < 4.78 is 9.44. The first-order valence-corrected chi connectivity index (χ1v) is 10.5. The third kappa shape index (κ3) is 4.07. The Morgan fingerprint density at radius 2 is 1.88 bits per heavy atom. The van der Waals surface area contributed by atoms with E-state index in [4.69, 9.17) is 16.0 Å². The number of nitrogens with zero attached hydrogens (tertiary/aromatic N) is 7. The molecule has 0 saturated heterocycles. The van der Waals surface area contributed by atoms with Gasteiger partial charge >= 0.3 is 5.69 Å². The maximum Gasteiger partial charge on any atom is 0.332 e. The SMILES string of the molecule is CC(C)N(Cc1nnc(-c2ccccc2Cl)o1)C(=O)Cn1cnc2c1c(=O)n(C)c(=O)n2C. The lowest BCUT2D eigenvalue weighted by atomic mass is 10.2. The molecular weight excluding hydrogens is 450 g/mol. The van der Waals surface area contributed by atoms with Crippen LogP contribution in [0.4, 0.5) is 0 Å². The molecular formula is C21H22ClN7O4. The lowest BCUT2D eigenvalue weighted by Gasteiger charge is -2.25. The summed E-state index contributed by atoms with van der Waals surface area (Å²) in [5.41, 5.74) is -0.00945. The van der Waals surface area contributed by atoms with E-state index in [9.17, 15) is 14.4 Å². The molecule has 1 amide bonds. The van der Waals surface area contributed by atoms with Crippen LogP contribution in [0.1, 0.15) is 19.7 Å². The van der Waals surface area contributed by atoms with Crippen molar-refractivity contribution in [3.05, 3.63) is 62.3 Å². The van der Waals surface area contributed by atoms with Crippen molar-refractivity contribution in [2.75, 3.05) is 0 Å². The van der Waals surface area contributed by atoms with Crippen molar-refractivity contribution in [2.24, 2.45) is 14.1 Å². The average molecular weight is 472 g/mol. The Labute approximate surface area is 192 Å². The molecule has 0 aliphatic heterocycles. The maximum absolute atomic E-state index is 13.2. The number of carbonyl (C=O) groups is 1. The van der Waals surface area contributed by atoms with Crippen LogP contribution >= 0.6 is 11.6 Å². The molecule has 0 unspecified atom stereocenters. The van der Waals surface area contributed by atoms with E-state index in [2.05, 4.69) is 15.2 Å². The van der Waals surface area contributed by atoms with Crippen molar-refractivity contribution in [2.45, 2.75) is 33.0 Å². The number of hydrogen-bond donors (Lipinski definition) is 0. The molecule has 0 bridgehead atoms. The first-order chi connectivity index (χ1) is 15.7. The second-order valence-electron chi connectivity index (χ2n) is 7.85. The summed E-state index contributed by atoms with van der Waals surface area (Å²) in [4.78, 5) is 43.7. The fourth-order valence-electron chi connectivity index (χ4n) is 3.52. The Hall–Kier alpha value is -3.73. The minimum Gasteiger partial charge on any atom is -0.419 e. The van der Waals surface area contributed by atoms with Crippen LogP contribution in [0.3, 0.4) is 0 Å². The standard InChI is InChI=1S/C21H22ClN7O4/c1-12(2)29(9-15-24-25-19(33-15)13-7-5-6-8-14(13)22)16(30)10-28-11-23-18-17(28)20(31)27(4)21(32)26(18)3/h5-8,11-12H,9-10H2,1-4H3. The summed E-state index contributed by atoms with van der Waals surface area (Å²) in [5.74, 6) is 0.232. The fraction of sp³-hybridized carbons (Fsp3) is 0.333. The summed E-state index contributed by atoms with van der Waals surface area (Å²) in [5, 5.41) is 8.58. The Morgan fingerprint density at radius 1 is 1.15 bits per heavy atom. The quantitative estimate of drug-likeness (QED) is 0.418. The molecule has 3 aromatic heterocycles. The van der Waals surface area contributed by atoms with Gasteiger partial charge in [0.2, 0.25) is 17.7 Å². The molecule has 4 aromatic rings. The van der Waals surface area contributed by atoms with E-state index in [1.807, 2.05) is 19.9 Å². The molecule has 11 nitrogen and oxygen atoms in total. The number of rotatable bonds is 6. The summed E-state index contributed by atoms with van der Waals surface area (Å²) in [6.07, 6.45) is 1.38. The number of amides is 1. The first-order valence-electron chi connectivity index (χ1n) is 10.2. The number of hydrogen-bond acceptors (Lipinski definition) is 7. The summed E-state index contributed by atoms with van der Waals surface area (Å²) in [7, 11) is 2.91. The van der Waals surface area contributed by atoms with E-state index >= 15 is 0 Å². The van der Waals surface area contributed by atoms with Crippen molar-refractivity contribution in [3.8, 4) is 11.5 Å². The molecule has 0 fully saturated rings. The molecule has 172 valence electrons. The van der Waals surface area contributed by atoms with Gasteiger partial charge in [-0.3, -0.25) is 18.7 Å². The number of carbonyl (C=O) groups excluding carboxylic acids is 1. The molecule has 0 aliphatic rings. The zero-order valence-corrected chi connectivity index (χ0v) is 19.3. The van der Waals surface area contributed by atoms with Gasteiger partial charge < -0.3 is 13.9 Å². The Bertz CT molecular complexity index is 1460.